The van der Waals surface area contributed by atoms with Crippen LogP contribution in [-0.2, 0) is 19.1 Å². The SMILES string of the molecule is C=CCN(CCCC)C(=O)[C@H]1N([C@H](C)CO)C(=O)[C@@H]2[C@@H](C(=O)O)[C@@H]3O[C@@]21CC3Br. The molecule has 3 aliphatic rings. The van der Waals surface area contributed by atoms with Gasteiger partial charge in [0.2, 0.25) is 11.8 Å². The summed E-state index contributed by atoms with van der Waals surface area (Å²) in [6.45, 7) is 7.93. The summed E-state index contributed by atoms with van der Waals surface area (Å²) in [6, 6.07) is -1.59. The van der Waals surface area contributed by atoms with Crippen molar-refractivity contribution in [3.8, 4) is 0 Å². The molecule has 0 aromatic heterocycles. The Kier molecular flexibility index (Phi) is 6.41. The largest absolute Gasteiger partial charge is 0.481 e. The number of halogens is 1. The molecule has 1 spiro atoms. The Bertz CT molecular complexity index is 702. The van der Waals surface area contributed by atoms with E-state index in [9.17, 15) is 24.6 Å². The summed E-state index contributed by atoms with van der Waals surface area (Å²) in [7, 11) is 0. The van der Waals surface area contributed by atoms with Crippen LogP contribution in [-0.4, -0.2) is 86.1 Å². The standard InChI is InChI=1S/C20H29BrN2O6/c1-4-6-8-22(7-5-2)18(26)16-20-9-12(21)15(29-20)13(19(27)28)14(20)17(25)23(16)11(3)10-24/h5,11-16,24H,2,4,6-10H2,1,3H3,(H,27,28)/t11-,12?,13-,14+,15-,16-,20+/m1/s1. The molecule has 0 saturated carbocycles. The molecule has 3 heterocycles. The lowest BCUT2D eigenvalue weighted by atomic mass is 9.70. The zero-order chi connectivity index (χ0) is 21.5. The number of carboxylic acid groups (broad SMARTS) is 1. The number of carbonyl (C=O) groups excluding carboxylic acids is 2. The van der Waals surface area contributed by atoms with Gasteiger partial charge in [-0.05, 0) is 19.8 Å². The van der Waals surface area contributed by atoms with Crippen LogP contribution >= 0.6 is 15.9 Å². The summed E-state index contributed by atoms with van der Waals surface area (Å²) in [5, 5.41) is 19.6. The van der Waals surface area contributed by atoms with Crippen molar-refractivity contribution in [2.45, 2.75) is 61.7 Å². The monoisotopic (exact) mass is 472 g/mol. The highest BCUT2D eigenvalue weighted by Gasteiger charge is 2.77. The van der Waals surface area contributed by atoms with Crippen molar-refractivity contribution in [3.05, 3.63) is 12.7 Å². The number of nitrogens with zero attached hydrogens (tertiary/aromatic N) is 2. The van der Waals surface area contributed by atoms with Gasteiger partial charge in [-0.25, -0.2) is 0 Å². The molecule has 8 nitrogen and oxygen atoms in total. The average Bonchev–Trinajstić information content (AvgIpc) is 3.27. The molecule has 0 aromatic carbocycles. The molecule has 7 atom stereocenters. The van der Waals surface area contributed by atoms with Crippen molar-refractivity contribution in [1.82, 2.24) is 9.80 Å². The van der Waals surface area contributed by atoms with E-state index in [1.54, 1.807) is 17.9 Å². The first-order valence-electron chi connectivity index (χ1n) is 10.1. The topological polar surface area (TPSA) is 107 Å². The Hall–Kier alpha value is -1.45. The molecule has 1 unspecified atom stereocenters. The normalized spacial score (nSPS) is 36.2. The second kappa shape index (κ2) is 8.35. The van der Waals surface area contributed by atoms with Crippen LogP contribution < -0.4 is 0 Å². The molecule has 29 heavy (non-hydrogen) atoms. The molecule has 3 saturated heterocycles. The number of aliphatic hydroxyl groups is 1. The second-order valence-corrected chi connectivity index (χ2v) is 9.38. The van der Waals surface area contributed by atoms with Gasteiger partial charge in [-0.3, -0.25) is 14.4 Å². The molecular formula is C20H29BrN2O6. The van der Waals surface area contributed by atoms with Gasteiger partial charge in [0.1, 0.15) is 11.6 Å². The number of aliphatic hydroxyl groups excluding tert-OH is 1. The fourth-order valence-electron chi connectivity index (χ4n) is 5.16. The van der Waals surface area contributed by atoms with Crippen LogP contribution in [0.4, 0.5) is 0 Å². The Morgan fingerprint density at radius 1 is 1.52 bits per heavy atom. The number of aliphatic carboxylic acids is 1. The second-order valence-electron chi connectivity index (χ2n) is 8.21. The van der Waals surface area contributed by atoms with Gasteiger partial charge in [0.15, 0.2) is 0 Å². The minimum absolute atomic E-state index is 0.254. The van der Waals surface area contributed by atoms with Gasteiger partial charge >= 0.3 is 5.97 Å². The number of hydrogen-bond acceptors (Lipinski definition) is 5. The molecule has 2 amide bonds. The molecule has 2 bridgehead atoms. The fraction of sp³-hybridized carbons (Fsp3) is 0.750. The summed E-state index contributed by atoms with van der Waals surface area (Å²) in [6.07, 6.45) is 3.05. The lowest BCUT2D eigenvalue weighted by Crippen LogP contribution is -2.58. The van der Waals surface area contributed by atoms with E-state index in [0.717, 1.165) is 12.8 Å². The minimum atomic E-state index is -1.20. The molecule has 9 heteroatoms. The Morgan fingerprint density at radius 2 is 2.21 bits per heavy atom. The van der Waals surface area contributed by atoms with Crippen LogP contribution in [0.25, 0.3) is 0 Å². The number of amides is 2. The summed E-state index contributed by atoms with van der Waals surface area (Å²) < 4.78 is 6.19. The molecule has 2 N–H and O–H groups in total. The van der Waals surface area contributed by atoms with Crippen molar-refractivity contribution in [2.24, 2.45) is 11.8 Å². The van der Waals surface area contributed by atoms with Crippen molar-refractivity contribution < 1.29 is 29.3 Å². The number of ether oxygens (including phenoxy) is 1. The van der Waals surface area contributed by atoms with Crippen LogP contribution in [0.5, 0.6) is 0 Å². The van der Waals surface area contributed by atoms with E-state index >= 15 is 0 Å². The Labute approximate surface area is 179 Å². The van der Waals surface area contributed by atoms with Gasteiger partial charge in [-0.1, -0.05) is 35.4 Å². The van der Waals surface area contributed by atoms with E-state index in [1.807, 2.05) is 6.92 Å². The van der Waals surface area contributed by atoms with Gasteiger partial charge in [-0.15, -0.1) is 6.58 Å². The van der Waals surface area contributed by atoms with E-state index in [2.05, 4.69) is 22.5 Å². The van der Waals surface area contributed by atoms with E-state index < -0.39 is 47.5 Å². The van der Waals surface area contributed by atoms with E-state index in [0.29, 0.717) is 19.5 Å². The maximum atomic E-state index is 13.7. The molecule has 3 aliphatic heterocycles. The van der Waals surface area contributed by atoms with Crippen LogP contribution in [0.1, 0.15) is 33.1 Å². The average molecular weight is 473 g/mol. The number of carbonyl (C=O) groups is 3. The van der Waals surface area contributed by atoms with Crippen molar-refractivity contribution in [2.75, 3.05) is 19.7 Å². The maximum absolute atomic E-state index is 13.7. The highest BCUT2D eigenvalue weighted by molar-refractivity contribution is 9.09. The third-order valence-electron chi connectivity index (χ3n) is 6.43. The third kappa shape index (κ3) is 3.31. The summed E-state index contributed by atoms with van der Waals surface area (Å²) in [4.78, 5) is 41.8. The number of alkyl halides is 1. The van der Waals surface area contributed by atoms with Crippen molar-refractivity contribution >= 4 is 33.7 Å². The summed E-state index contributed by atoms with van der Waals surface area (Å²) in [5.41, 5.74) is -1.20. The number of carboxylic acids is 1. The molecule has 3 fully saturated rings. The number of rotatable bonds is 9. The van der Waals surface area contributed by atoms with Crippen LogP contribution in [0.2, 0.25) is 0 Å². The summed E-state index contributed by atoms with van der Waals surface area (Å²) in [5.74, 6) is -3.75. The first-order chi connectivity index (χ1) is 13.7. The van der Waals surface area contributed by atoms with Crippen molar-refractivity contribution in [3.63, 3.8) is 0 Å². The highest BCUT2D eigenvalue weighted by Crippen LogP contribution is 2.60. The van der Waals surface area contributed by atoms with E-state index in [4.69, 9.17) is 4.74 Å². The molecule has 0 aliphatic carbocycles. The van der Waals surface area contributed by atoms with Gasteiger partial charge in [-0.2, -0.15) is 0 Å². The van der Waals surface area contributed by atoms with Crippen LogP contribution in [0.15, 0.2) is 12.7 Å². The number of unbranched alkanes of at least 4 members (excludes halogenated alkanes) is 1. The Morgan fingerprint density at radius 3 is 2.76 bits per heavy atom. The fourth-order valence-corrected chi connectivity index (χ4v) is 6.10. The zero-order valence-corrected chi connectivity index (χ0v) is 18.4. The van der Waals surface area contributed by atoms with Crippen molar-refractivity contribution in [1.29, 1.82) is 0 Å². The predicted molar refractivity (Wildman–Crippen MR) is 108 cm³/mol. The number of likely N-dealkylation sites (tertiary alicyclic amines) is 1. The number of hydrogen-bond donors (Lipinski definition) is 2. The lowest BCUT2D eigenvalue weighted by Gasteiger charge is -2.38. The highest BCUT2D eigenvalue weighted by atomic mass is 79.9. The third-order valence-corrected chi connectivity index (χ3v) is 7.27. The predicted octanol–water partition coefficient (Wildman–Crippen LogP) is 1.01. The maximum Gasteiger partial charge on any atom is 0.310 e. The molecule has 0 aromatic rings. The molecule has 3 rings (SSSR count). The van der Waals surface area contributed by atoms with Gasteiger partial charge in [0.05, 0.1) is 30.6 Å². The first-order valence-corrected chi connectivity index (χ1v) is 11.0. The van der Waals surface area contributed by atoms with E-state index in [-0.39, 0.29) is 17.3 Å². The van der Waals surface area contributed by atoms with Gasteiger partial charge in [0.25, 0.3) is 0 Å². The molecule has 162 valence electrons. The molecular weight excluding hydrogens is 444 g/mol. The minimum Gasteiger partial charge on any atom is -0.481 e. The smallest absolute Gasteiger partial charge is 0.310 e. The molecule has 0 radical (unpaired) electrons. The lowest BCUT2D eigenvalue weighted by molar-refractivity contribution is -0.152. The number of fused-ring (bicyclic) bond motifs is 1. The zero-order valence-electron chi connectivity index (χ0n) is 16.8. The summed E-state index contributed by atoms with van der Waals surface area (Å²) >= 11 is 3.51. The first kappa shape index (κ1) is 22.2. The van der Waals surface area contributed by atoms with Crippen LogP contribution in [0.3, 0.4) is 0 Å². The van der Waals surface area contributed by atoms with Crippen LogP contribution in [0, 0.1) is 11.8 Å². The van der Waals surface area contributed by atoms with E-state index in [1.165, 1.54) is 4.90 Å². The quantitative estimate of drug-likeness (QED) is 0.383. The van der Waals surface area contributed by atoms with Gasteiger partial charge < -0.3 is 24.7 Å². The van der Waals surface area contributed by atoms with Gasteiger partial charge in [0, 0.05) is 17.9 Å². The Balaban J connectivity index is 2.06.